The molecule has 1 saturated heterocycles. The van der Waals surface area contributed by atoms with Gasteiger partial charge in [-0.05, 0) is 116 Å². The largest absolute Gasteiger partial charge is 0.479 e. The van der Waals surface area contributed by atoms with Gasteiger partial charge in [-0.1, -0.05) is 239 Å². The predicted octanol–water partition coefficient (Wildman–Crippen LogP) is 17.8. The van der Waals surface area contributed by atoms with Gasteiger partial charge in [0.25, 0.3) is 0 Å². The molecule has 1 rings (SSSR count). The number of esters is 3. The summed E-state index contributed by atoms with van der Waals surface area (Å²) < 4.78 is 28.5. The van der Waals surface area contributed by atoms with Gasteiger partial charge in [0.2, 0.25) is 0 Å². The van der Waals surface area contributed by atoms with Gasteiger partial charge in [0.05, 0.1) is 6.61 Å². The molecule has 6 unspecified atom stereocenters. The highest BCUT2D eigenvalue weighted by Gasteiger charge is 2.50. The monoisotopic (exact) mass is 1160 g/mol. The number of unbranched alkanes of at least 4 members (excludes halogenated alkanes) is 23. The second-order valence-corrected chi connectivity index (χ2v) is 22.0. The summed E-state index contributed by atoms with van der Waals surface area (Å²) in [6.45, 7) is 5.75. The van der Waals surface area contributed by atoms with Crippen LogP contribution in [0, 0.1) is 0 Å². The minimum atomic E-state index is -1.93. The first-order chi connectivity index (χ1) is 40.6. The molecule has 1 aliphatic rings. The normalized spacial score (nSPS) is 18.3. The lowest BCUT2D eigenvalue weighted by Crippen LogP contribution is -2.61. The first-order valence-electron chi connectivity index (χ1n) is 32.9. The molecular formula is C71H116O12. The molecule has 0 radical (unpaired) electrons. The first-order valence-corrected chi connectivity index (χ1v) is 32.9. The Morgan fingerprint density at radius 1 is 0.410 bits per heavy atom. The molecule has 0 aromatic heterocycles. The number of hydrogen-bond donors (Lipinski definition) is 3. The summed E-state index contributed by atoms with van der Waals surface area (Å²) in [4.78, 5) is 51.4. The van der Waals surface area contributed by atoms with Gasteiger partial charge in [-0.15, -0.1) is 0 Å². The first kappa shape index (κ1) is 76.4. The third-order valence-electron chi connectivity index (χ3n) is 14.3. The second-order valence-electron chi connectivity index (χ2n) is 22.0. The summed E-state index contributed by atoms with van der Waals surface area (Å²) in [6, 6.07) is 0. The Balaban J connectivity index is 2.70. The maximum atomic E-state index is 13.2. The lowest BCUT2D eigenvalue weighted by molar-refractivity contribution is -0.301. The van der Waals surface area contributed by atoms with Crippen LogP contribution in [0.4, 0.5) is 0 Å². The van der Waals surface area contributed by atoms with Gasteiger partial charge in [-0.2, -0.15) is 0 Å². The zero-order valence-corrected chi connectivity index (χ0v) is 52.2. The van der Waals surface area contributed by atoms with E-state index in [9.17, 15) is 34.5 Å². The van der Waals surface area contributed by atoms with Crippen molar-refractivity contribution in [2.24, 2.45) is 0 Å². The summed E-state index contributed by atoms with van der Waals surface area (Å²) in [6.07, 6.45) is 66.2. The average Bonchev–Trinajstić information content (AvgIpc) is 3.55. The molecule has 6 atom stereocenters. The lowest BCUT2D eigenvalue weighted by atomic mass is 9.98. The van der Waals surface area contributed by atoms with Gasteiger partial charge in [0.1, 0.15) is 18.8 Å². The van der Waals surface area contributed by atoms with E-state index in [2.05, 4.69) is 118 Å². The molecule has 12 nitrogen and oxygen atoms in total. The molecule has 472 valence electrons. The van der Waals surface area contributed by atoms with E-state index in [1.54, 1.807) is 0 Å². The molecule has 12 heteroatoms. The second kappa shape index (κ2) is 57.8. The molecule has 0 bridgehead atoms. The summed E-state index contributed by atoms with van der Waals surface area (Å²) in [5, 5.41) is 31.6. The number of carbonyl (C=O) groups excluding carboxylic acids is 3. The van der Waals surface area contributed by atoms with Crippen molar-refractivity contribution in [2.75, 3.05) is 13.2 Å². The van der Waals surface area contributed by atoms with Crippen molar-refractivity contribution in [3.05, 3.63) is 109 Å². The summed E-state index contributed by atoms with van der Waals surface area (Å²) >= 11 is 0. The van der Waals surface area contributed by atoms with Crippen LogP contribution >= 0.6 is 0 Å². The van der Waals surface area contributed by atoms with E-state index in [-0.39, 0.29) is 25.9 Å². The van der Waals surface area contributed by atoms with Crippen LogP contribution in [0.15, 0.2) is 109 Å². The van der Waals surface area contributed by atoms with Gasteiger partial charge < -0.3 is 39.0 Å². The number of carbonyl (C=O) groups is 4. The molecular weight excluding hydrogens is 1040 g/mol. The molecule has 83 heavy (non-hydrogen) atoms. The van der Waals surface area contributed by atoms with Crippen LogP contribution in [0.3, 0.4) is 0 Å². The van der Waals surface area contributed by atoms with Gasteiger partial charge in [0, 0.05) is 19.3 Å². The van der Waals surface area contributed by atoms with Crippen LogP contribution in [0.2, 0.25) is 0 Å². The van der Waals surface area contributed by atoms with E-state index < -0.39 is 67.3 Å². The maximum Gasteiger partial charge on any atom is 0.335 e. The highest BCUT2D eigenvalue weighted by Crippen LogP contribution is 2.26. The van der Waals surface area contributed by atoms with Crippen molar-refractivity contribution in [3.63, 3.8) is 0 Å². The topological polar surface area (TPSA) is 175 Å². The average molecular weight is 1160 g/mol. The number of aliphatic carboxylic acids is 1. The maximum absolute atomic E-state index is 13.2. The molecule has 0 aliphatic carbocycles. The Kier molecular flexibility index (Phi) is 53.2. The van der Waals surface area contributed by atoms with Crippen molar-refractivity contribution in [1.29, 1.82) is 0 Å². The Bertz CT molecular complexity index is 1860. The number of allylic oxidation sites excluding steroid dienone is 18. The number of carboxylic acid groups (broad SMARTS) is 1. The number of aliphatic hydroxyl groups is 2. The molecule has 1 aliphatic heterocycles. The van der Waals surface area contributed by atoms with Gasteiger partial charge >= 0.3 is 23.9 Å². The van der Waals surface area contributed by atoms with E-state index in [4.69, 9.17) is 23.7 Å². The van der Waals surface area contributed by atoms with Crippen molar-refractivity contribution >= 4 is 23.9 Å². The van der Waals surface area contributed by atoms with Crippen LogP contribution in [0.5, 0.6) is 0 Å². The van der Waals surface area contributed by atoms with E-state index in [0.29, 0.717) is 25.7 Å². The van der Waals surface area contributed by atoms with Crippen molar-refractivity contribution < 1.29 is 58.2 Å². The highest BCUT2D eigenvalue weighted by atomic mass is 16.7. The number of aliphatic hydroxyl groups excluding tert-OH is 2. The van der Waals surface area contributed by atoms with Gasteiger partial charge in [-0.3, -0.25) is 14.4 Å². The van der Waals surface area contributed by atoms with Crippen LogP contribution in [-0.4, -0.2) is 89.2 Å². The highest BCUT2D eigenvalue weighted by molar-refractivity contribution is 5.74. The SMILES string of the molecule is CC/C=C\C/C=C\C/C=C\C/C=C\C/C=C\CCCC(=O)OC1C(OCC(COC(=O)CCCCCCCCCCC/C=C\CCCCCCCC)OC(=O)CCCCCCCCC/C=C\C/C=C\C/C=C\CC)OC(C(=O)O)C(O)C1O. The smallest absolute Gasteiger partial charge is 0.335 e. The van der Waals surface area contributed by atoms with E-state index >= 15 is 0 Å². The van der Waals surface area contributed by atoms with Gasteiger partial charge in [0.15, 0.2) is 24.6 Å². The van der Waals surface area contributed by atoms with Crippen molar-refractivity contribution in [3.8, 4) is 0 Å². The zero-order valence-electron chi connectivity index (χ0n) is 52.2. The minimum Gasteiger partial charge on any atom is -0.479 e. The molecule has 0 spiro atoms. The Morgan fingerprint density at radius 3 is 1.20 bits per heavy atom. The lowest BCUT2D eigenvalue weighted by Gasteiger charge is -2.40. The van der Waals surface area contributed by atoms with E-state index in [1.165, 1.54) is 83.5 Å². The van der Waals surface area contributed by atoms with Crippen molar-refractivity contribution in [2.45, 2.75) is 302 Å². The molecule has 0 amide bonds. The molecule has 0 aromatic carbocycles. The minimum absolute atomic E-state index is 0.0235. The third kappa shape index (κ3) is 47.3. The summed E-state index contributed by atoms with van der Waals surface area (Å²) in [5.41, 5.74) is 0. The molecule has 0 saturated carbocycles. The van der Waals surface area contributed by atoms with E-state index in [0.717, 1.165) is 116 Å². The fourth-order valence-electron chi connectivity index (χ4n) is 9.35. The standard InChI is InChI=1S/C71H116O12/c1-4-7-10-13-16-19-22-25-28-31-32-35-36-39-42-45-48-51-54-57-63(72)79-60-62(81-64(73)58-55-52-49-46-43-40-37-33-29-26-23-20-17-14-11-8-5-2)61-80-71-69(67(76)66(75)68(83-71)70(77)78)82-65(74)59-56-53-50-47-44-41-38-34-30-27-24-21-18-15-12-9-6-3/h8-9,11-12,17-18,20-21,25-30,38,41,47,50,62,66-69,71,75-76H,4-7,10,13-16,19,22-24,31-37,39-40,42-46,48-49,51-61H2,1-3H3,(H,77,78)/b11-8-,12-9-,20-17-,21-18-,28-25-,29-26-,30-27-,41-38-,50-47-. The molecule has 0 aromatic rings. The van der Waals surface area contributed by atoms with E-state index in [1.807, 2.05) is 12.2 Å². The fourth-order valence-corrected chi connectivity index (χ4v) is 9.35. The quantitative estimate of drug-likeness (QED) is 0.0228. The number of rotatable bonds is 55. The number of hydrogen-bond acceptors (Lipinski definition) is 11. The Labute approximate surface area is 504 Å². The third-order valence-corrected chi connectivity index (χ3v) is 14.3. The van der Waals surface area contributed by atoms with Crippen LogP contribution in [-0.2, 0) is 42.9 Å². The molecule has 3 N–H and O–H groups in total. The number of ether oxygens (including phenoxy) is 5. The Morgan fingerprint density at radius 2 is 0.771 bits per heavy atom. The van der Waals surface area contributed by atoms with Gasteiger partial charge in [-0.25, -0.2) is 4.79 Å². The predicted molar refractivity (Wildman–Crippen MR) is 340 cm³/mol. The zero-order chi connectivity index (χ0) is 60.3. The van der Waals surface area contributed by atoms with Crippen LogP contribution in [0.1, 0.15) is 265 Å². The summed E-state index contributed by atoms with van der Waals surface area (Å²) in [5.74, 6) is -3.21. The molecule has 1 heterocycles. The van der Waals surface area contributed by atoms with Crippen LogP contribution < -0.4 is 0 Å². The van der Waals surface area contributed by atoms with Crippen molar-refractivity contribution in [1.82, 2.24) is 0 Å². The summed E-state index contributed by atoms with van der Waals surface area (Å²) in [7, 11) is 0. The van der Waals surface area contributed by atoms with Crippen LogP contribution in [0.25, 0.3) is 0 Å². The fraction of sp³-hybridized carbons (Fsp3) is 0.690. The molecule has 1 fully saturated rings. The number of carboxylic acids is 1. The Hall–Kier alpha value is -4.62.